The average Bonchev–Trinajstić information content (AvgIpc) is 3.04. The van der Waals surface area contributed by atoms with E-state index in [2.05, 4.69) is 10.4 Å². The Morgan fingerprint density at radius 2 is 1.90 bits per heavy atom. The van der Waals surface area contributed by atoms with E-state index in [1.165, 1.54) is 19.1 Å². The molecule has 31 heavy (non-hydrogen) atoms. The van der Waals surface area contributed by atoms with Crippen molar-refractivity contribution in [3.05, 3.63) is 75.6 Å². The van der Waals surface area contributed by atoms with Crippen molar-refractivity contribution in [2.75, 3.05) is 5.32 Å². The molecule has 8 nitrogen and oxygen atoms in total. The molecule has 0 atom stereocenters. The van der Waals surface area contributed by atoms with Gasteiger partial charge in [-0.2, -0.15) is 18.3 Å². The summed E-state index contributed by atoms with van der Waals surface area (Å²) in [7, 11) is 0. The first kappa shape index (κ1) is 21.8. The topological polar surface area (TPSA) is 99.3 Å². The third-order valence-corrected chi connectivity index (χ3v) is 4.27. The number of nitro groups is 1. The van der Waals surface area contributed by atoms with E-state index in [9.17, 15) is 28.1 Å². The molecule has 1 amide bonds. The van der Waals surface area contributed by atoms with Crippen LogP contribution in [0.5, 0.6) is 11.5 Å². The fourth-order valence-electron chi connectivity index (χ4n) is 2.76. The molecule has 162 valence electrons. The molecular weight excluding hydrogens is 417 g/mol. The molecule has 0 saturated carbocycles. The van der Waals surface area contributed by atoms with Crippen LogP contribution in [-0.4, -0.2) is 20.6 Å². The third-order valence-electron chi connectivity index (χ3n) is 4.27. The third kappa shape index (κ3) is 5.38. The van der Waals surface area contributed by atoms with Crippen molar-refractivity contribution in [1.29, 1.82) is 0 Å². The maximum atomic E-state index is 12.8. The molecule has 0 bridgehead atoms. The molecule has 3 aromatic rings. The van der Waals surface area contributed by atoms with Crippen molar-refractivity contribution in [3.63, 3.8) is 0 Å². The van der Waals surface area contributed by atoms with Crippen molar-refractivity contribution >= 4 is 17.3 Å². The monoisotopic (exact) mass is 434 g/mol. The summed E-state index contributed by atoms with van der Waals surface area (Å²) in [6.07, 6.45) is -4.63. The molecule has 0 radical (unpaired) electrons. The number of alkyl halides is 3. The number of rotatable bonds is 6. The fraction of sp³-hybridized carbons (Fsp3) is 0.200. The Morgan fingerprint density at radius 1 is 1.19 bits per heavy atom. The smallest absolute Gasteiger partial charge is 0.435 e. The van der Waals surface area contributed by atoms with Crippen LogP contribution in [0.3, 0.4) is 0 Å². The molecule has 1 N–H and O–H groups in total. The molecule has 0 spiro atoms. The highest BCUT2D eigenvalue weighted by molar-refractivity contribution is 5.91. The first-order chi connectivity index (χ1) is 14.5. The Balaban J connectivity index is 1.81. The first-order valence-corrected chi connectivity index (χ1v) is 8.97. The second kappa shape index (κ2) is 8.46. The van der Waals surface area contributed by atoms with Gasteiger partial charge in [0.2, 0.25) is 5.91 Å². The Bertz CT molecular complexity index is 1140. The van der Waals surface area contributed by atoms with Gasteiger partial charge in [0.25, 0.3) is 5.69 Å². The van der Waals surface area contributed by atoms with Crippen LogP contribution in [-0.2, 0) is 17.5 Å². The molecule has 0 aliphatic rings. The summed E-state index contributed by atoms with van der Waals surface area (Å²) >= 11 is 0. The quantitative estimate of drug-likeness (QED) is 0.441. The van der Waals surface area contributed by atoms with E-state index in [1.807, 2.05) is 6.07 Å². The van der Waals surface area contributed by atoms with Crippen LogP contribution in [0, 0.1) is 24.0 Å². The molecule has 0 aliphatic carbocycles. The number of halogens is 3. The maximum Gasteiger partial charge on any atom is 0.435 e. The molecule has 1 aromatic heterocycles. The summed E-state index contributed by atoms with van der Waals surface area (Å²) in [5, 5.41) is 17.1. The van der Waals surface area contributed by atoms with Gasteiger partial charge in [0.1, 0.15) is 18.0 Å². The lowest BCUT2D eigenvalue weighted by Crippen LogP contribution is -2.21. The summed E-state index contributed by atoms with van der Waals surface area (Å²) in [6.45, 7) is 2.69. The van der Waals surface area contributed by atoms with Crippen molar-refractivity contribution in [3.8, 4) is 11.5 Å². The summed E-state index contributed by atoms with van der Waals surface area (Å²) in [6, 6.07) is 11.6. The van der Waals surface area contributed by atoms with Gasteiger partial charge in [0.05, 0.1) is 16.7 Å². The van der Waals surface area contributed by atoms with E-state index in [0.717, 1.165) is 22.4 Å². The van der Waals surface area contributed by atoms with Gasteiger partial charge in [-0.1, -0.05) is 18.2 Å². The molecule has 11 heteroatoms. The lowest BCUT2D eigenvalue weighted by atomic mass is 10.2. The lowest BCUT2D eigenvalue weighted by molar-refractivity contribution is -0.384. The van der Waals surface area contributed by atoms with Gasteiger partial charge in [-0.05, 0) is 31.5 Å². The number of carbonyl (C=O) groups excluding carboxylic acids is 1. The van der Waals surface area contributed by atoms with Crippen LogP contribution in [0.15, 0.2) is 48.5 Å². The number of aromatic nitrogens is 2. The highest BCUT2D eigenvalue weighted by atomic mass is 19.4. The van der Waals surface area contributed by atoms with Crippen LogP contribution < -0.4 is 10.1 Å². The summed E-state index contributed by atoms with van der Waals surface area (Å²) < 4.78 is 45.0. The van der Waals surface area contributed by atoms with Gasteiger partial charge in [-0.3, -0.25) is 19.6 Å². The predicted octanol–water partition coefficient (Wildman–Crippen LogP) is 4.86. The van der Waals surface area contributed by atoms with Crippen LogP contribution in [0.25, 0.3) is 0 Å². The van der Waals surface area contributed by atoms with Crippen molar-refractivity contribution in [2.45, 2.75) is 26.6 Å². The number of ether oxygens (including phenoxy) is 1. The van der Waals surface area contributed by atoms with Gasteiger partial charge in [-0.25, -0.2) is 0 Å². The van der Waals surface area contributed by atoms with Crippen LogP contribution in [0.4, 0.5) is 24.5 Å². The Morgan fingerprint density at radius 3 is 2.52 bits per heavy atom. The SMILES string of the molecule is Cc1ccccc1Oc1cc(NC(=O)Cn2nc(C(F)(F)F)cc2C)cc([N+](=O)[O-])c1. The summed E-state index contributed by atoms with van der Waals surface area (Å²) in [4.78, 5) is 22.9. The van der Waals surface area contributed by atoms with Gasteiger partial charge < -0.3 is 10.1 Å². The normalized spacial score (nSPS) is 11.3. The van der Waals surface area contributed by atoms with Crippen molar-refractivity contribution in [1.82, 2.24) is 9.78 Å². The largest absolute Gasteiger partial charge is 0.457 e. The van der Waals surface area contributed by atoms with E-state index >= 15 is 0 Å². The molecule has 0 saturated heterocycles. The number of hydrogen-bond acceptors (Lipinski definition) is 5. The average molecular weight is 434 g/mol. The number of nitrogens with zero attached hydrogens (tertiary/aromatic N) is 3. The summed E-state index contributed by atoms with van der Waals surface area (Å²) in [5.74, 6) is -0.109. The second-order valence-electron chi connectivity index (χ2n) is 6.71. The second-order valence-corrected chi connectivity index (χ2v) is 6.71. The zero-order valence-corrected chi connectivity index (χ0v) is 16.4. The lowest BCUT2D eigenvalue weighted by Gasteiger charge is -2.11. The van der Waals surface area contributed by atoms with E-state index in [1.54, 1.807) is 25.1 Å². The van der Waals surface area contributed by atoms with Crippen LogP contribution in [0.1, 0.15) is 17.0 Å². The fourth-order valence-corrected chi connectivity index (χ4v) is 2.76. The number of para-hydroxylation sites is 1. The summed E-state index contributed by atoms with van der Waals surface area (Å²) in [5.41, 5.74) is -0.430. The van der Waals surface area contributed by atoms with Crippen molar-refractivity contribution in [2.24, 2.45) is 0 Å². The number of amides is 1. The number of non-ortho nitro benzene ring substituents is 1. The minimum atomic E-state index is -4.63. The first-order valence-electron chi connectivity index (χ1n) is 8.97. The number of aryl methyl sites for hydroxylation is 2. The molecule has 0 fully saturated rings. The van der Waals surface area contributed by atoms with Gasteiger partial charge in [0, 0.05) is 17.8 Å². The van der Waals surface area contributed by atoms with Gasteiger partial charge in [-0.15, -0.1) is 0 Å². The molecule has 2 aromatic carbocycles. The van der Waals surface area contributed by atoms with Crippen molar-refractivity contribution < 1.29 is 27.6 Å². The molecular formula is C20H17F3N4O4. The number of benzene rings is 2. The zero-order chi connectivity index (χ0) is 22.8. The molecule has 1 heterocycles. The minimum Gasteiger partial charge on any atom is -0.457 e. The van der Waals surface area contributed by atoms with E-state index < -0.39 is 29.2 Å². The minimum absolute atomic E-state index is 0.0589. The van der Waals surface area contributed by atoms with E-state index in [4.69, 9.17) is 4.74 Å². The number of anilines is 1. The van der Waals surface area contributed by atoms with E-state index in [-0.39, 0.29) is 22.8 Å². The molecule has 0 aliphatic heterocycles. The Kier molecular flexibility index (Phi) is 5.95. The number of nitrogens with one attached hydrogen (secondary N) is 1. The van der Waals surface area contributed by atoms with Gasteiger partial charge >= 0.3 is 6.18 Å². The Labute approximate surface area is 174 Å². The highest BCUT2D eigenvalue weighted by Crippen LogP contribution is 2.31. The molecule has 3 rings (SSSR count). The van der Waals surface area contributed by atoms with E-state index in [0.29, 0.717) is 5.75 Å². The maximum absolute atomic E-state index is 12.8. The zero-order valence-electron chi connectivity index (χ0n) is 16.4. The highest BCUT2D eigenvalue weighted by Gasteiger charge is 2.34. The number of nitro benzene ring substituents is 1. The molecule has 0 unspecified atom stereocenters. The van der Waals surface area contributed by atoms with Crippen LogP contribution >= 0.6 is 0 Å². The standard InChI is InChI=1S/C20H17F3N4O4/c1-12-5-3-4-6-17(12)31-16-9-14(8-15(10-16)27(29)30)24-19(28)11-26-13(2)7-18(25-26)20(21,22)23/h3-10H,11H2,1-2H3,(H,24,28). The Hall–Kier alpha value is -3.89. The predicted molar refractivity (Wildman–Crippen MR) is 105 cm³/mol. The van der Waals surface area contributed by atoms with Crippen LogP contribution in [0.2, 0.25) is 0 Å². The number of carbonyl (C=O) groups is 1. The number of hydrogen-bond donors (Lipinski definition) is 1. The van der Waals surface area contributed by atoms with Gasteiger partial charge in [0.15, 0.2) is 5.69 Å².